The molecule has 0 aliphatic heterocycles. The normalized spacial score (nSPS) is 13.2. The molecule has 2 atom stereocenters. The van der Waals surface area contributed by atoms with Crippen molar-refractivity contribution >= 4 is 9.24 Å². The van der Waals surface area contributed by atoms with Gasteiger partial charge in [-0.15, -0.1) is 0 Å². The van der Waals surface area contributed by atoms with Crippen LogP contribution in [0.3, 0.4) is 0 Å². The van der Waals surface area contributed by atoms with Gasteiger partial charge in [0, 0.05) is 30.2 Å². The zero-order chi connectivity index (χ0) is 19.4. The van der Waals surface area contributed by atoms with Crippen molar-refractivity contribution < 1.29 is 9.13 Å². The maximum atomic E-state index is 13.4. The molecule has 3 heterocycles. The number of ether oxygens (including phenoxy) is 1. The van der Waals surface area contributed by atoms with Crippen molar-refractivity contribution in [3.05, 3.63) is 58.7 Å². The third-order valence-electron chi connectivity index (χ3n) is 3.39. The van der Waals surface area contributed by atoms with Crippen LogP contribution in [0.2, 0.25) is 0 Å². The Balaban J connectivity index is 1.80. The Kier molecular flexibility index (Phi) is 5.51. The van der Waals surface area contributed by atoms with Crippen LogP contribution in [-0.2, 0) is 6.54 Å². The molecule has 0 N–H and O–H groups in total. The fourth-order valence-electron chi connectivity index (χ4n) is 2.19. The van der Waals surface area contributed by atoms with E-state index in [0.717, 1.165) is 5.69 Å². The fourth-order valence-corrected chi connectivity index (χ4v) is 2.27. The van der Waals surface area contributed by atoms with Crippen LogP contribution in [0.15, 0.2) is 41.7 Å². The average Bonchev–Trinajstić information content (AvgIpc) is 2.62. The second kappa shape index (κ2) is 7.84. The van der Waals surface area contributed by atoms with Crippen LogP contribution in [0.5, 0.6) is 6.01 Å². The second-order valence-electron chi connectivity index (χ2n) is 6.19. The van der Waals surface area contributed by atoms with Gasteiger partial charge in [-0.05, 0) is 19.9 Å². The van der Waals surface area contributed by atoms with E-state index in [4.69, 9.17) is 4.74 Å². The minimum absolute atomic E-state index is 0.0634. The number of halogens is 1. The van der Waals surface area contributed by atoms with Crippen molar-refractivity contribution in [3.8, 4) is 17.3 Å². The molecule has 0 aliphatic carbocycles. The number of alkyl halides is 1. The Morgan fingerprint density at radius 1 is 1.22 bits per heavy atom. The molecule has 3 aromatic heterocycles. The van der Waals surface area contributed by atoms with Crippen LogP contribution in [0.4, 0.5) is 4.39 Å². The van der Waals surface area contributed by atoms with E-state index in [9.17, 15) is 9.18 Å². The van der Waals surface area contributed by atoms with Crippen molar-refractivity contribution in [2.75, 3.05) is 6.61 Å². The quantitative estimate of drug-likeness (QED) is 0.594. The lowest BCUT2D eigenvalue weighted by Crippen LogP contribution is -2.23. The summed E-state index contributed by atoms with van der Waals surface area (Å²) in [5.74, 6) is 0. The predicted octanol–water partition coefficient (Wildman–Crippen LogP) is 1.79. The Hall–Kier alpha value is -2.80. The molecule has 0 amide bonds. The van der Waals surface area contributed by atoms with E-state index in [1.54, 1.807) is 18.5 Å². The van der Waals surface area contributed by atoms with Crippen molar-refractivity contribution in [1.82, 2.24) is 29.7 Å². The van der Waals surface area contributed by atoms with E-state index >= 15 is 0 Å². The summed E-state index contributed by atoms with van der Waals surface area (Å²) in [5, 5.41) is 2.78. The van der Waals surface area contributed by atoms with Crippen molar-refractivity contribution in [1.29, 1.82) is 0 Å². The van der Waals surface area contributed by atoms with Gasteiger partial charge in [0.05, 0.1) is 29.8 Å². The van der Waals surface area contributed by atoms with Gasteiger partial charge in [-0.1, -0.05) is 9.24 Å². The highest BCUT2D eigenvalue weighted by molar-refractivity contribution is 7.18. The topological polar surface area (TPSA) is 95.7 Å². The van der Waals surface area contributed by atoms with Crippen LogP contribution in [-0.4, -0.2) is 41.7 Å². The number of rotatable bonds is 6. The van der Waals surface area contributed by atoms with Crippen LogP contribution in [0.25, 0.3) is 11.3 Å². The van der Waals surface area contributed by atoms with Gasteiger partial charge >= 0.3 is 6.01 Å². The van der Waals surface area contributed by atoms with E-state index in [1.165, 1.54) is 30.1 Å². The van der Waals surface area contributed by atoms with E-state index < -0.39 is 5.41 Å². The Labute approximate surface area is 157 Å². The van der Waals surface area contributed by atoms with Gasteiger partial charge in [0.15, 0.2) is 5.41 Å². The second-order valence-corrected chi connectivity index (χ2v) is 7.39. The Bertz CT molecular complexity index is 988. The third kappa shape index (κ3) is 5.34. The first-order chi connectivity index (χ1) is 12.8. The maximum absolute atomic E-state index is 13.4. The molecule has 0 fully saturated rings. The summed E-state index contributed by atoms with van der Waals surface area (Å²) in [4.78, 5) is 28.6. The number of aromatic nitrogens is 6. The van der Waals surface area contributed by atoms with Crippen molar-refractivity contribution in [2.24, 2.45) is 0 Å². The lowest BCUT2D eigenvalue weighted by Gasteiger charge is -2.13. The average molecular weight is 388 g/mol. The number of aryl methyl sites for hydroxylation is 1. The molecular weight excluding hydrogens is 370 g/mol. The molecule has 0 bridgehead atoms. The monoisotopic (exact) mass is 388 g/mol. The van der Waals surface area contributed by atoms with Gasteiger partial charge in [0.2, 0.25) is 0 Å². The van der Waals surface area contributed by atoms with Gasteiger partial charge in [-0.25, -0.2) is 19.0 Å². The summed E-state index contributed by atoms with van der Waals surface area (Å²) in [6, 6.07) is 3.06. The van der Waals surface area contributed by atoms with Crippen molar-refractivity contribution in [2.45, 2.75) is 25.8 Å². The fraction of sp³-hybridized carbons (Fsp3) is 0.294. The molecule has 0 radical (unpaired) electrons. The van der Waals surface area contributed by atoms with E-state index in [2.05, 4.69) is 25.0 Å². The molecule has 27 heavy (non-hydrogen) atoms. The zero-order valence-electron chi connectivity index (χ0n) is 14.8. The number of nitrogens with zero attached hydrogens (tertiary/aromatic N) is 6. The maximum Gasteiger partial charge on any atom is 0.316 e. The summed E-state index contributed by atoms with van der Waals surface area (Å²) in [6.45, 7) is 3.22. The first kappa shape index (κ1) is 19.0. The molecule has 3 aromatic rings. The smallest absolute Gasteiger partial charge is 0.316 e. The standard InChI is InChI=1S/C17H18FN6O2P/c1-11-5-19-8-13(22-11)9-24-15(25)4-3-14(23-24)12-6-20-16(21-7-12)26-10-17(2,18)27/h3-8H,9-10,27H2,1-2H3. The lowest BCUT2D eigenvalue weighted by atomic mass is 10.2. The summed E-state index contributed by atoms with van der Waals surface area (Å²) >= 11 is 0. The zero-order valence-corrected chi connectivity index (χ0v) is 16.0. The summed E-state index contributed by atoms with van der Waals surface area (Å²) in [5.41, 5.74) is 2.25. The molecule has 0 spiro atoms. The number of hydrogen-bond donors (Lipinski definition) is 0. The van der Waals surface area contributed by atoms with E-state index in [1.807, 2.05) is 16.2 Å². The van der Waals surface area contributed by atoms with Crippen LogP contribution < -0.4 is 10.3 Å². The van der Waals surface area contributed by atoms with Crippen LogP contribution in [0.1, 0.15) is 18.3 Å². The minimum Gasteiger partial charge on any atom is -0.460 e. The molecule has 2 unspecified atom stereocenters. The van der Waals surface area contributed by atoms with Gasteiger partial charge in [0.25, 0.3) is 5.56 Å². The summed E-state index contributed by atoms with van der Waals surface area (Å²) in [6.07, 6.45) is 6.24. The molecule has 0 saturated carbocycles. The highest BCUT2D eigenvalue weighted by Crippen LogP contribution is 2.20. The molecule has 0 saturated heterocycles. The van der Waals surface area contributed by atoms with E-state index in [0.29, 0.717) is 17.0 Å². The Morgan fingerprint density at radius 2 is 1.96 bits per heavy atom. The summed E-state index contributed by atoms with van der Waals surface area (Å²) < 4.78 is 19.9. The Morgan fingerprint density at radius 3 is 2.63 bits per heavy atom. The molecule has 3 rings (SSSR count). The van der Waals surface area contributed by atoms with Crippen molar-refractivity contribution in [3.63, 3.8) is 0 Å². The highest BCUT2D eigenvalue weighted by atomic mass is 31.0. The van der Waals surface area contributed by atoms with Gasteiger partial charge in [-0.3, -0.25) is 14.8 Å². The van der Waals surface area contributed by atoms with Gasteiger partial charge < -0.3 is 4.74 Å². The van der Waals surface area contributed by atoms with Crippen LogP contribution >= 0.6 is 9.24 Å². The molecule has 140 valence electrons. The molecule has 0 aliphatic rings. The largest absolute Gasteiger partial charge is 0.460 e. The molecular formula is C17H18FN6O2P. The number of hydrogen-bond acceptors (Lipinski definition) is 7. The molecule has 10 heteroatoms. The highest BCUT2D eigenvalue weighted by Gasteiger charge is 2.17. The van der Waals surface area contributed by atoms with Crippen LogP contribution in [0, 0.1) is 6.92 Å². The van der Waals surface area contributed by atoms with Gasteiger partial charge in [0.1, 0.15) is 6.61 Å². The minimum atomic E-state index is -1.56. The SMILES string of the molecule is Cc1cncc(Cn2nc(-c3cnc(OCC(C)(F)P)nc3)ccc2=O)n1. The third-order valence-corrected chi connectivity index (χ3v) is 3.56. The van der Waals surface area contributed by atoms with E-state index in [-0.39, 0.29) is 24.7 Å². The predicted molar refractivity (Wildman–Crippen MR) is 100 cm³/mol. The lowest BCUT2D eigenvalue weighted by molar-refractivity contribution is 0.172. The first-order valence-corrected chi connectivity index (χ1v) is 8.67. The first-order valence-electron chi connectivity index (χ1n) is 8.09. The summed E-state index contributed by atoms with van der Waals surface area (Å²) in [7, 11) is 2.04. The van der Waals surface area contributed by atoms with Gasteiger partial charge in [-0.2, -0.15) is 5.10 Å². The molecule has 0 aromatic carbocycles. The molecule has 8 nitrogen and oxygen atoms in total.